The lowest BCUT2D eigenvalue weighted by Gasteiger charge is -2.38. The van der Waals surface area contributed by atoms with E-state index in [4.69, 9.17) is 31.5 Å². The predicted octanol–water partition coefficient (Wildman–Crippen LogP) is 4.89. The van der Waals surface area contributed by atoms with Crippen LogP contribution in [0.15, 0.2) is 58.6 Å². The third-order valence-electron chi connectivity index (χ3n) is 10.00. The van der Waals surface area contributed by atoms with Gasteiger partial charge in [-0.3, -0.25) is 19.4 Å². The van der Waals surface area contributed by atoms with Crippen molar-refractivity contribution in [1.29, 1.82) is 0 Å². The Labute approximate surface area is 329 Å². The third-order valence-corrected chi connectivity index (χ3v) is 10.2. The number of halogens is 3. The van der Waals surface area contributed by atoms with Gasteiger partial charge in [0.25, 0.3) is 11.9 Å². The smallest absolute Gasteiger partial charge is 0.341 e. The van der Waals surface area contributed by atoms with E-state index in [1.54, 1.807) is 42.2 Å². The summed E-state index contributed by atoms with van der Waals surface area (Å²) in [6.45, 7) is 2.97. The minimum absolute atomic E-state index is 0.0296. The molecular weight excluding hydrogens is 766 g/mol. The monoisotopic (exact) mass is 802 g/mol. The van der Waals surface area contributed by atoms with E-state index < -0.39 is 34.5 Å². The number of methoxy groups -OCH3 is 3. The second-order valence-corrected chi connectivity index (χ2v) is 13.7. The lowest BCUT2D eigenvalue weighted by Crippen LogP contribution is -2.51. The van der Waals surface area contributed by atoms with Crippen molar-refractivity contribution >= 4 is 63.2 Å². The number of nitrogens with zero attached hydrogens (tertiary/aromatic N) is 7. The molecule has 1 amide bonds. The van der Waals surface area contributed by atoms with Gasteiger partial charge in [0.15, 0.2) is 17.3 Å². The number of piperazine rings is 1. The third kappa shape index (κ3) is 7.15. The number of rotatable bonds is 11. The van der Waals surface area contributed by atoms with Crippen LogP contribution in [0.3, 0.4) is 0 Å². The van der Waals surface area contributed by atoms with Crippen LogP contribution < -0.4 is 35.2 Å². The molecule has 2 aromatic heterocycles. The van der Waals surface area contributed by atoms with Crippen molar-refractivity contribution in [3.8, 4) is 17.2 Å². The Balaban J connectivity index is 1.10. The maximum Gasteiger partial charge on any atom is 0.341 e. The van der Waals surface area contributed by atoms with E-state index in [9.17, 15) is 19.5 Å². The highest BCUT2D eigenvalue weighted by atomic mass is 35.5. The summed E-state index contributed by atoms with van der Waals surface area (Å²) in [4.78, 5) is 56.8. The number of hydrogen-bond donors (Lipinski definition) is 2. The Morgan fingerprint density at radius 2 is 1.72 bits per heavy atom. The standard InChI is InChI=1S/C39H37ClF2N8O7/c1-5-48-18-25(38(53)54)34(51)24-16-26(41)33(30(42)32(24)48)49-10-8-47(9-11-49)19-50-27-7-6-22(40)15-23(27)31(37(50)52)45-39-44-17-21(36(43)46-39)12-20-13-28(55-2)35(57-4)29(14-20)56-3/h6-7,13-18H,5,8-12,19H2,1-4H3,(H,53,54)(H2,43,44,46)/b45-31-. The molecule has 7 rings (SSSR count). The number of nitrogen functional groups attached to an aromatic ring is 1. The van der Waals surface area contributed by atoms with E-state index in [-0.39, 0.29) is 60.4 Å². The molecule has 0 aliphatic carbocycles. The van der Waals surface area contributed by atoms with Gasteiger partial charge in [-0.05, 0) is 48.9 Å². The number of nitrogens with two attached hydrogens (primary N) is 1. The van der Waals surface area contributed by atoms with Crippen molar-refractivity contribution in [1.82, 2.24) is 19.4 Å². The first-order valence-corrected chi connectivity index (χ1v) is 18.1. The number of aromatic nitrogens is 3. The fourth-order valence-corrected chi connectivity index (χ4v) is 7.35. The highest BCUT2D eigenvalue weighted by molar-refractivity contribution is 6.55. The average molecular weight is 803 g/mol. The van der Waals surface area contributed by atoms with Gasteiger partial charge in [0, 0.05) is 67.7 Å². The summed E-state index contributed by atoms with van der Waals surface area (Å²) in [6, 6.07) is 9.50. The van der Waals surface area contributed by atoms with Crippen LogP contribution in [0, 0.1) is 11.6 Å². The fourth-order valence-electron chi connectivity index (χ4n) is 7.17. The van der Waals surface area contributed by atoms with Crippen LogP contribution in [-0.4, -0.2) is 96.3 Å². The Morgan fingerprint density at radius 3 is 2.33 bits per heavy atom. The van der Waals surface area contributed by atoms with Gasteiger partial charge in [0.05, 0.1) is 44.6 Å². The second kappa shape index (κ2) is 15.7. The Bertz CT molecular complexity index is 2520. The largest absolute Gasteiger partial charge is 0.493 e. The zero-order valence-electron chi connectivity index (χ0n) is 31.3. The van der Waals surface area contributed by atoms with Gasteiger partial charge in [0.2, 0.25) is 11.2 Å². The molecule has 0 atom stereocenters. The number of carboxylic acid groups (broad SMARTS) is 1. The first kappa shape index (κ1) is 38.9. The number of ether oxygens (including phenoxy) is 3. The molecule has 2 aliphatic heterocycles. The van der Waals surface area contributed by atoms with E-state index in [2.05, 4.69) is 15.0 Å². The molecule has 3 aromatic carbocycles. The topological polar surface area (TPSA) is 178 Å². The SMILES string of the molecule is CCn1cc(C(=O)O)c(=O)c2cc(F)c(N3CCN(CN4C(=O)/C(=N\c5ncc(Cc6cc(OC)c(OC)c(OC)c6)c(N)n5)c5cc(Cl)ccc54)CC3)c(F)c21. The molecule has 18 heteroatoms. The summed E-state index contributed by atoms with van der Waals surface area (Å²) in [7, 11) is 4.57. The summed E-state index contributed by atoms with van der Waals surface area (Å²) < 4.78 is 49.3. The Kier molecular flexibility index (Phi) is 10.7. The van der Waals surface area contributed by atoms with Gasteiger partial charge in [-0.1, -0.05) is 11.6 Å². The molecule has 15 nitrogen and oxygen atoms in total. The summed E-state index contributed by atoms with van der Waals surface area (Å²) in [5.74, 6) is -2.30. The molecule has 0 unspecified atom stereocenters. The van der Waals surface area contributed by atoms with E-state index in [0.717, 1.165) is 17.8 Å². The van der Waals surface area contributed by atoms with Crippen LogP contribution in [-0.2, 0) is 17.8 Å². The van der Waals surface area contributed by atoms with Crippen LogP contribution >= 0.6 is 11.6 Å². The van der Waals surface area contributed by atoms with Crippen molar-refractivity contribution in [2.45, 2.75) is 19.9 Å². The Hall–Kier alpha value is -6.33. The zero-order chi connectivity index (χ0) is 40.7. The van der Waals surface area contributed by atoms with E-state index >= 15 is 8.78 Å². The molecule has 2 aliphatic rings. The number of aryl methyl sites for hydroxylation is 1. The normalized spacial score (nSPS) is 15.1. The number of aliphatic imine (C=N–C) groups is 1. The maximum absolute atomic E-state index is 16.1. The van der Waals surface area contributed by atoms with E-state index in [1.807, 2.05) is 4.90 Å². The highest BCUT2D eigenvalue weighted by Gasteiger charge is 2.36. The number of benzene rings is 3. The second-order valence-electron chi connectivity index (χ2n) is 13.3. The molecule has 1 saturated heterocycles. The average Bonchev–Trinajstić information content (AvgIpc) is 3.44. The molecule has 296 valence electrons. The quantitative estimate of drug-likeness (QED) is 0.185. The van der Waals surface area contributed by atoms with Gasteiger partial charge < -0.3 is 34.5 Å². The first-order chi connectivity index (χ1) is 27.4. The van der Waals surface area contributed by atoms with Crippen molar-refractivity contribution in [3.63, 3.8) is 0 Å². The van der Waals surface area contributed by atoms with Crippen LogP contribution in [0.5, 0.6) is 17.2 Å². The number of hydrogen-bond acceptors (Lipinski definition) is 12. The minimum Gasteiger partial charge on any atom is -0.493 e. The minimum atomic E-state index is -1.48. The highest BCUT2D eigenvalue weighted by Crippen LogP contribution is 2.39. The fraction of sp³-hybridized carbons (Fsp3) is 0.282. The van der Waals surface area contributed by atoms with Crippen LogP contribution in [0.1, 0.15) is 34.0 Å². The first-order valence-electron chi connectivity index (χ1n) is 17.7. The van der Waals surface area contributed by atoms with Crippen LogP contribution in [0.4, 0.5) is 31.9 Å². The summed E-state index contributed by atoms with van der Waals surface area (Å²) >= 11 is 6.37. The van der Waals surface area contributed by atoms with E-state index in [0.29, 0.717) is 58.6 Å². The summed E-state index contributed by atoms with van der Waals surface area (Å²) in [6.07, 6.45) is 2.95. The predicted molar refractivity (Wildman–Crippen MR) is 210 cm³/mol. The molecule has 0 bridgehead atoms. The van der Waals surface area contributed by atoms with Gasteiger partial charge >= 0.3 is 5.97 Å². The molecule has 1 fully saturated rings. The number of carboxylic acids is 1. The molecular formula is C39H37ClF2N8O7. The molecule has 0 spiro atoms. The van der Waals surface area contributed by atoms with Crippen molar-refractivity contribution in [2.75, 3.05) is 69.7 Å². The summed E-state index contributed by atoms with van der Waals surface area (Å²) in [5.41, 5.74) is 6.85. The number of pyridine rings is 1. The molecule has 3 N–H and O–H groups in total. The van der Waals surface area contributed by atoms with Gasteiger partial charge in [-0.25, -0.2) is 23.6 Å². The van der Waals surface area contributed by atoms with Gasteiger partial charge in [-0.15, -0.1) is 0 Å². The van der Waals surface area contributed by atoms with Gasteiger partial charge in [-0.2, -0.15) is 4.98 Å². The lowest BCUT2D eigenvalue weighted by atomic mass is 10.1. The van der Waals surface area contributed by atoms with Crippen LogP contribution in [0.25, 0.3) is 10.9 Å². The van der Waals surface area contributed by atoms with Crippen molar-refractivity contribution in [2.24, 2.45) is 4.99 Å². The number of carbonyl (C=O) groups is 2. The van der Waals surface area contributed by atoms with E-state index in [1.165, 1.54) is 37.0 Å². The number of anilines is 3. The van der Waals surface area contributed by atoms with Gasteiger partial charge in [0.1, 0.15) is 28.6 Å². The summed E-state index contributed by atoms with van der Waals surface area (Å²) in [5, 5.41) is 9.50. The molecule has 5 aromatic rings. The van der Waals surface area contributed by atoms with Crippen LogP contribution in [0.2, 0.25) is 5.02 Å². The molecule has 0 saturated carbocycles. The number of amides is 1. The molecule has 4 heterocycles. The molecule has 0 radical (unpaired) electrons. The number of aromatic carboxylic acids is 1. The van der Waals surface area contributed by atoms with Crippen molar-refractivity contribution < 1.29 is 37.7 Å². The van der Waals surface area contributed by atoms with Crippen molar-refractivity contribution in [3.05, 3.63) is 97.9 Å². The number of carbonyl (C=O) groups excluding carboxylic acids is 1. The molecule has 57 heavy (non-hydrogen) atoms. The Morgan fingerprint density at radius 1 is 1.02 bits per heavy atom. The maximum atomic E-state index is 16.1. The number of fused-ring (bicyclic) bond motifs is 2. The zero-order valence-corrected chi connectivity index (χ0v) is 32.1. The lowest BCUT2D eigenvalue weighted by molar-refractivity contribution is -0.112.